The Hall–Kier alpha value is -1.89. The molecule has 0 heterocycles. The molecule has 0 radical (unpaired) electrons. The van der Waals surface area contributed by atoms with Gasteiger partial charge >= 0.3 is 11.9 Å². The van der Waals surface area contributed by atoms with Crippen LogP contribution in [0.3, 0.4) is 0 Å². The second-order valence-corrected chi connectivity index (χ2v) is 13.6. The number of nitrogens with zero attached hydrogens (tertiary/aromatic N) is 1. The van der Waals surface area contributed by atoms with Gasteiger partial charge in [-0.15, -0.1) is 0 Å². The van der Waals surface area contributed by atoms with Crippen LogP contribution in [0.15, 0.2) is 12.2 Å². The summed E-state index contributed by atoms with van der Waals surface area (Å²) in [6, 6.07) is 0. The predicted molar refractivity (Wildman–Crippen MR) is 184 cm³/mol. The monoisotopic (exact) mass is 638 g/mol. The molecule has 0 fully saturated rings. The Labute approximate surface area is 276 Å². The van der Waals surface area contributed by atoms with Crippen LogP contribution in [-0.2, 0) is 14.4 Å². The van der Waals surface area contributed by atoms with Crippen LogP contribution in [-0.4, -0.2) is 58.8 Å². The van der Waals surface area contributed by atoms with E-state index in [1.807, 2.05) is 13.8 Å². The molecule has 0 aromatic rings. The van der Waals surface area contributed by atoms with Crippen molar-refractivity contribution in [1.29, 1.82) is 0 Å². The Bertz CT molecular complexity index is 722. The van der Waals surface area contributed by atoms with Gasteiger partial charge in [0, 0.05) is 5.92 Å². The van der Waals surface area contributed by atoms with Crippen LogP contribution in [0.5, 0.6) is 0 Å². The van der Waals surface area contributed by atoms with Gasteiger partial charge in [-0.2, -0.15) is 0 Å². The Kier molecular flexibility index (Phi) is 27.2. The number of carboxylic acids is 3. The van der Waals surface area contributed by atoms with E-state index in [0.29, 0.717) is 25.8 Å². The van der Waals surface area contributed by atoms with Crippen LogP contribution in [0.2, 0.25) is 0 Å². The molecule has 0 spiro atoms. The lowest BCUT2D eigenvalue weighted by molar-refractivity contribution is -0.935. The van der Waals surface area contributed by atoms with Gasteiger partial charge in [0.25, 0.3) is 0 Å². The van der Waals surface area contributed by atoms with Gasteiger partial charge < -0.3 is 24.6 Å². The number of unbranched alkanes of at least 4 members (excludes halogenated alkanes) is 17. The highest BCUT2D eigenvalue weighted by Crippen LogP contribution is 2.25. The van der Waals surface area contributed by atoms with Crippen molar-refractivity contribution in [3.8, 4) is 0 Å². The van der Waals surface area contributed by atoms with Gasteiger partial charge in [0.1, 0.15) is 11.8 Å². The molecule has 0 rings (SSSR count). The van der Waals surface area contributed by atoms with E-state index in [-0.39, 0.29) is 24.1 Å². The molecule has 0 aliphatic heterocycles. The lowest BCUT2D eigenvalue weighted by Crippen LogP contribution is -2.59. The zero-order valence-corrected chi connectivity index (χ0v) is 29.7. The first-order chi connectivity index (χ1) is 21.7. The fourth-order valence-corrected chi connectivity index (χ4v) is 6.61. The molecule has 0 aromatic heterocycles. The minimum absolute atomic E-state index is 0.219. The Balaban J connectivity index is 4.50. The van der Waals surface area contributed by atoms with Crippen LogP contribution in [0.4, 0.5) is 0 Å². The highest BCUT2D eigenvalue weighted by molar-refractivity contribution is 5.70. The second kappa shape index (κ2) is 28.3. The van der Waals surface area contributed by atoms with E-state index in [9.17, 15) is 29.7 Å². The number of carbonyl (C=O) groups is 3. The normalized spacial score (nSPS) is 15.1. The van der Waals surface area contributed by atoms with Gasteiger partial charge in [-0.1, -0.05) is 123 Å². The molecule has 3 unspecified atom stereocenters. The van der Waals surface area contributed by atoms with E-state index < -0.39 is 35.7 Å². The number of carbonyl (C=O) groups excluding carboxylic acids is 1. The summed E-state index contributed by atoms with van der Waals surface area (Å²) in [6.45, 7) is 9.06. The fourth-order valence-electron chi connectivity index (χ4n) is 6.61. The summed E-state index contributed by atoms with van der Waals surface area (Å²) in [5.41, 5.74) is 0. The molecule has 2 N–H and O–H groups in total. The van der Waals surface area contributed by atoms with E-state index >= 15 is 0 Å². The molecule has 7 heteroatoms. The summed E-state index contributed by atoms with van der Waals surface area (Å²) in [4.78, 5) is 35.9. The van der Waals surface area contributed by atoms with Crippen molar-refractivity contribution in [2.45, 2.75) is 169 Å². The van der Waals surface area contributed by atoms with Gasteiger partial charge in [-0.25, -0.2) is 0 Å². The van der Waals surface area contributed by atoms with Crippen molar-refractivity contribution in [2.75, 3.05) is 26.2 Å². The lowest BCUT2D eigenvalue weighted by atomic mass is 9.95. The minimum Gasteiger partial charge on any atom is -0.550 e. The quantitative estimate of drug-likeness (QED) is 0.0422. The maximum Gasteiger partial charge on any atom is 0.312 e. The average Bonchev–Trinajstić information content (AvgIpc) is 3.01. The molecule has 0 bridgehead atoms. The molecule has 45 heavy (non-hydrogen) atoms. The number of hydrogen-bond acceptors (Lipinski definition) is 4. The van der Waals surface area contributed by atoms with Crippen molar-refractivity contribution >= 4 is 17.9 Å². The second-order valence-electron chi connectivity index (χ2n) is 13.6. The largest absolute Gasteiger partial charge is 0.550 e. The Morgan fingerprint density at radius 2 is 0.867 bits per heavy atom. The van der Waals surface area contributed by atoms with E-state index in [0.717, 1.165) is 19.3 Å². The summed E-state index contributed by atoms with van der Waals surface area (Å²) < 4.78 is 0.219. The van der Waals surface area contributed by atoms with Crippen LogP contribution >= 0.6 is 0 Å². The van der Waals surface area contributed by atoms with Crippen molar-refractivity contribution in [3.63, 3.8) is 0 Å². The molecule has 0 amide bonds. The predicted octanol–water partition coefficient (Wildman–Crippen LogP) is 8.79. The Morgan fingerprint density at radius 1 is 0.533 bits per heavy atom. The third kappa shape index (κ3) is 22.3. The standard InChI is InChI=1S/C38H71NO6/c1-5-9-10-11-12-13-14-15-16-17-18-19-20-21-22-23-24-25-26-27-28-29-39(30-33(6-2)36(40)41,31-34(7-3)37(42)43)32-35(8-4)38(44)45/h15-16,33-35H,5-14,17-32H2,1-4H3,(H2-,40,41,42,43,44,45)/b16-15+. The first-order valence-corrected chi connectivity index (χ1v) is 18.8. The van der Waals surface area contributed by atoms with Gasteiger partial charge in [-0.05, 0) is 57.8 Å². The summed E-state index contributed by atoms with van der Waals surface area (Å²) in [5, 5.41) is 31.5. The van der Waals surface area contributed by atoms with Gasteiger partial charge in [0.15, 0.2) is 0 Å². The number of aliphatic carboxylic acids is 3. The third-order valence-corrected chi connectivity index (χ3v) is 9.73. The topological polar surface area (TPSA) is 115 Å². The number of hydrogen-bond donors (Lipinski definition) is 2. The smallest absolute Gasteiger partial charge is 0.312 e. The number of carboxylic acid groups (broad SMARTS) is 3. The molecular weight excluding hydrogens is 566 g/mol. The van der Waals surface area contributed by atoms with Crippen molar-refractivity contribution in [1.82, 2.24) is 0 Å². The van der Waals surface area contributed by atoms with E-state index in [1.54, 1.807) is 6.92 Å². The molecular formula is C38H71NO6. The molecule has 0 saturated heterocycles. The molecule has 264 valence electrons. The van der Waals surface area contributed by atoms with E-state index in [4.69, 9.17) is 0 Å². The highest BCUT2D eigenvalue weighted by atomic mass is 16.4. The number of allylic oxidation sites excluding steroid dienone is 2. The van der Waals surface area contributed by atoms with Crippen LogP contribution in [0.25, 0.3) is 0 Å². The molecule has 0 aromatic carbocycles. The summed E-state index contributed by atoms with van der Waals surface area (Å²) in [6.07, 6.45) is 29.7. The van der Waals surface area contributed by atoms with E-state index in [2.05, 4.69) is 19.1 Å². The summed E-state index contributed by atoms with van der Waals surface area (Å²) >= 11 is 0. The SMILES string of the molecule is CCCCCCCC/C=C/CCCCCCCCCCCCC[N+](CC(CC)C(=O)[O-])(CC(CC)C(=O)O)CC(CC)C(=O)O. The first-order valence-electron chi connectivity index (χ1n) is 18.8. The van der Waals surface area contributed by atoms with Crippen molar-refractivity contribution in [3.05, 3.63) is 12.2 Å². The lowest BCUT2D eigenvalue weighted by Gasteiger charge is -2.44. The average molecular weight is 638 g/mol. The van der Waals surface area contributed by atoms with Gasteiger partial charge in [0.05, 0.1) is 32.1 Å². The molecule has 3 atom stereocenters. The van der Waals surface area contributed by atoms with E-state index in [1.165, 1.54) is 103 Å². The fraction of sp³-hybridized carbons (Fsp3) is 0.868. The van der Waals surface area contributed by atoms with Crippen LogP contribution < -0.4 is 5.11 Å². The number of quaternary nitrogens is 1. The summed E-state index contributed by atoms with van der Waals surface area (Å²) in [7, 11) is 0. The van der Waals surface area contributed by atoms with Gasteiger partial charge in [-0.3, -0.25) is 9.59 Å². The van der Waals surface area contributed by atoms with Crippen molar-refractivity contribution < 1.29 is 34.2 Å². The Morgan fingerprint density at radius 3 is 1.20 bits per heavy atom. The molecule has 7 nitrogen and oxygen atoms in total. The summed E-state index contributed by atoms with van der Waals surface area (Å²) in [5.74, 6) is -4.94. The van der Waals surface area contributed by atoms with Crippen LogP contribution in [0, 0.1) is 17.8 Å². The highest BCUT2D eigenvalue weighted by Gasteiger charge is 2.39. The van der Waals surface area contributed by atoms with Gasteiger partial charge in [0.2, 0.25) is 0 Å². The minimum atomic E-state index is -1.14. The maximum absolute atomic E-state index is 12.0. The van der Waals surface area contributed by atoms with Crippen LogP contribution in [0.1, 0.15) is 169 Å². The van der Waals surface area contributed by atoms with Crippen molar-refractivity contribution in [2.24, 2.45) is 17.8 Å². The molecule has 0 aliphatic carbocycles. The zero-order chi connectivity index (χ0) is 33.8. The zero-order valence-electron chi connectivity index (χ0n) is 29.7. The maximum atomic E-state index is 12.0. The first kappa shape index (κ1) is 43.1. The number of rotatable bonds is 33. The molecule has 0 saturated carbocycles. The molecule has 0 aliphatic rings. The third-order valence-electron chi connectivity index (χ3n) is 9.73.